The van der Waals surface area contributed by atoms with Gasteiger partial charge in [-0.3, -0.25) is 0 Å². The Morgan fingerprint density at radius 1 is 0.900 bits per heavy atom. The molecule has 1 aliphatic heterocycles. The van der Waals surface area contributed by atoms with Gasteiger partial charge in [-0.15, -0.1) is 24.8 Å². The number of nitrogens with two attached hydrogens (primary N) is 2. The summed E-state index contributed by atoms with van der Waals surface area (Å²) in [6.07, 6.45) is 0. The molecule has 1 heterocycles. The lowest BCUT2D eigenvalue weighted by Gasteiger charge is -2.23. The summed E-state index contributed by atoms with van der Waals surface area (Å²) in [5, 5.41) is 0. The molecule has 2 nitrogen and oxygen atoms in total. The maximum atomic E-state index is 5.62. The van der Waals surface area contributed by atoms with E-state index in [1.165, 1.54) is 0 Å². The molecule has 64 valence electrons. The van der Waals surface area contributed by atoms with Crippen molar-refractivity contribution in [3.63, 3.8) is 0 Å². The van der Waals surface area contributed by atoms with Crippen LogP contribution in [0.5, 0.6) is 0 Å². The highest BCUT2D eigenvalue weighted by Gasteiger charge is 2.17. The summed E-state index contributed by atoms with van der Waals surface area (Å²) in [4.78, 5) is 0. The smallest absolute Gasteiger partial charge is 0.0301 e. The van der Waals surface area contributed by atoms with Crippen molar-refractivity contribution in [3.8, 4) is 0 Å². The van der Waals surface area contributed by atoms with E-state index in [0.29, 0.717) is 0 Å². The first kappa shape index (κ1) is 13.8. The summed E-state index contributed by atoms with van der Waals surface area (Å²) in [7, 11) is 3.64. The molecule has 0 amide bonds. The lowest BCUT2D eigenvalue weighted by molar-refractivity contribution is 0.617. The van der Waals surface area contributed by atoms with Crippen molar-refractivity contribution in [1.29, 1.82) is 0 Å². The van der Waals surface area contributed by atoms with Crippen LogP contribution in [0.3, 0.4) is 0 Å². The highest BCUT2D eigenvalue weighted by molar-refractivity contribution is 8.76. The van der Waals surface area contributed by atoms with Gasteiger partial charge in [0.25, 0.3) is 0 Å². The molecule has 0 radical (unpaired) electrons. The van der Waals surface area contributed by atoms with E-state index < -0.39 is 0 Å². The van der Waals surface area contributed by atoms with Crippen LogP contribution in [0.4, 0.5) is 0 Å². The van der Waals surface area contributed by atoms with Crippen molar-refractivity contribution in [2.45, 2.75) is 12.1 Å². The number of halogens is 2. The van der Waals surface area contributed by atoms with Gasteiger partial charge in [0, 0.05) is 23.6 Å². The zero-order chi connectivity index (χ0) is 5.98. The molecular formula is C4H12Cl2N2S2. The third-order valence-corrected chi connectivity index (χ3v) is 3.68. The van der Waals surface area contributed by atoms with Crippen LogP contribution in [-0.4, -0.2) is 23.6 Å². The Bertz CT molecular complexity index is 75.7. The molecule has 10 heavy (non-hydrogen) atoms. The molecule has 0 aliphatic carbocycles. The highest BCUT2D eigenvalue weighted by Crippen LogP contribution is 2.27. The Hall–Kier alpha value is 1.20. The zero-order valence-corrected chi connectivity index (χ0v) is 8.62. The normalized spacial score (nSPS) is 31.8. The van der Waals surface area contributed by atoms with Crippen LogP contribution >= 0.6 is 46.4 Å². The number of rotatable bonds is 0. The molecule has 0 unspecified atom stereocenters. The second kappa shape index (κ2) is 6.88. The molecule has 0 aromatic carbocycles. The van der Waals surface area contributed by atoms with E-state index in [-0.39, 0.29) is 36.9 Å². The van der Waals surface area contributed by atoms with E-state index in [1.54, 1.807) is 0 Å². The Kier molecular flexibility index (Phi) is 9.48. The van der Waals surface area contributed by atoms with E-state index in [0.717, 1.165) is 11.5 Å². The van der Waals surface area contributed by atoms with Crippen molar-refractivity contribution in [2.24, 2.45) is 11.5 Å². The van der Waals surface area contributed by atoms with Crippen LogP contribution in [-0.2, 0) is 0 Å². The first-order chi connectivity index (χ1) is 3.80. The third kappa shape index (κ3) is 4.16. The van der Waals surface area contributed by atoms with Gasteiger partial charge in [-0.05, 0) is 0 Å². The Labute approximate surface area is 81.5 Å². The van der Waals surface area contributed by atoms with Crippen molar-refractivity contribution < 1.29 is 0 Å². The second-order valence-electron chi connectivity index (χ2n) is 1.90. The minimum absolute atomic E-state index is 0. The largest absolute Gasteiger partial charge is 0.326 e. The zero-order valence-electron chi connectivity index (χ0n) is 5.36. The lowest BCUT2D eigenvalue weighted by atomic mass is 10.2. The Morgan fingerprint density at radius 3 is 1.40 bits per heavy atom. The highest BCUT2D eigenvalue weighted by atomic mass is 35.5. The van der Waals surface area contributed by atoms with Crippen LogP contribution in [0.2, 0.25) is 0 Å². The second-order valence-corrected chi connectivity index (χ2v) is 4.45. The van der Waals surface area contributed by atoms with E-state index in [9.17, 15) is 0 Å². The van der Waals surface area contributed by atoms with Crippen LogP contribution in [0, 0.1) is 0 Å². The summed E-state index contributed by atoms with van der Waals surface area (Å²) in [5.74, 6) is 2.01. The fourth-order valence-electron chi connectivity index (χ4n) is 0.501. The van der Waals surface area contributed by atoms with E-state index in [1.807, 2.05) is 21.6 Å². The first-order valence-corrected chi connectivity index (χ1v) is 5.05. The average Bonchev–Trinajstić information content (AvgIpc) is 1.77. The standard InChI is InChI=1S/C4H10N2S2.2ClH/c5-3-1-7-8-2-4(3)6;;/h3-4H,1-2,5-6H2;2*1H/t3-,4-;;/m1../s1. The molecule has 1 rings (SSSR count). The van der Waals surface area contributed by atoms with Gasteiger partial charge >= 0.3 is 0 Å². The van der Waals surface area contributed by atoms with Crippen LogP contribution < -0.4 is 11.5 Å². The fourth-order valence-corrected chi connectivity index (χ4v) is 3.02. The summed E-state index contributed by atoms with van der Waals surface area (Å²) >= 11 is 0. The molecule has 6 heteroatoms. The van der Waals surface area contributed by atoms with Gasteiger partial charge < -0.3 is 11.5 Å². The van der Waals surface area contributed by atoms with Gasteiger partial charge in [-0.25, -0.2) is 0 Å². The van der Waals surface area contributed by atoms with Gasteiger partial charge in [0.2, 0.25) is 0 Å². The Balaban J connectivity index is 0. The molecule has 0 spiro atoms. The number of hydrogen-bond acceptors (Lipinski definition) is 4. The monoisotopic (exact) mass is 222 g/mol. The van der Waals surface area contributed by atoms with Crippen molar-refractivity contribution in [2.75, 3.05) is 11.5 Å². The Morgan fingerprint density at radius 2 is 1.20 bits per heavy atom. The molecule has 1 saturated heterocycles. The van der Waals surface area contributed by atoms with Crippen LogP contribution in [0.1, 0.15) is 0 Å². The van der Waals surface area contributed by atoms with Gasteiger partial charge in [-0.1, -0.05) is 21.6 Å². The minimum atomic E-state index is 0. The molecule has 0 bridgehead atoms. The van der Waals surface area contributed by atoms with E-state index >= 15 is 0 Å². The van der Waals surface area contributed by atoms with Gasteiger partial charge in [0.05, 0.1) is 0 Å². The average molecular weight is 223 g/mol. The SMILES string of the molecule is Cl.Cl.N[C@@H]1CSSC[C@H]1N. The predicted octanol–water partition coefficient (Wildman–Crippen LogP) is 0.880. The molecule has 0 aromatic heterocycles. The van der Waals surface area contributed by atoms with Gasteiger partial charge in [0.1, 0.15) is 0 Å². The van der Waals surface area contributed by atoms with Crippen LogP contribution in [0.15, 0.2) is 0 Å². The predicted molar refractivity (Wildman–Crippen MR) is 55.4 cm³/mol. The quantitative estimate of drug-likeness (QED) is 0.598. The third-order valence-electron chi connectivity index (χ3n) is 1.15. The minimum Gasteiger partial charge on any atom is -0.326 e. The fraction of sp³-hybridized carbons (Fsp3) is 1.00. The molecule has 0 aromatic rings. The molecule has 2 atom stereocenters. The van der Waals surface area contributed by atoms with Gasteiger partial charge in [0.15, 0.2) is 0 Å². The summed E-state index contributed by atoms with van der Waals surface area (Å²) in [6, 6.07) is 0.447. The van der Waals surface area contributed by atoms with Crippen molar-refractivity contribution in [3.05, 3.63) is 0 Å². The van der Waals surface area contributed by atoms with E-state index in [4.69, 9.17) is 11.5 Å². The maximum absolute atomic E-state index is 5.62. The van der Waals surface area contributed by atoms with Crippen molar-refractivity contribution >= 4 is 46.4 Å². The lowest BCUT2D eigenvalue weighted by Crippen LogP contribution is -2.46. The molecule has 4 N–H and O–H groups in total. The topological polar surface area (TPSA) is 52.0 Å². The van der Waals surface area contributed by atoms with E-state index in [2.05, 4.69) is 0 Å². The molecule has 0 saturated carbocycles. The molecule has 1 aliphatic rings. The maximum Gasteiger partial charge on any atom is 0.0301 e. The van der Waals surface area contributed by atoms with Gasteiger partial charge in [-0.2, -0.15) is 0 Å². The summed E-state index contributed by atoms with van der Waals surface area (Å²) in [5.41, 5.74) is 11.2. The summed E-state index contributed by atoms with van der Waals surface area (Å²) < 4.78 is 0. The van der Waals surface area contributed by atoms with Crippen LogP contribution in [0.25, 0.3) is 0 Å². The molecular weight excluding hydrogens is 211 g/mol. The first-order valence-electron chi connectivity index (χ1n) is 2.56. The van der Waals surface area contributed by atoms with Crippen molar-refractivity contribution in [1.82, 2.24) is 0 Å². The number of hydrogen-bond donors (Lipinski definition) is 2. The molecule has 1 fully saturated rings. The summed E-state index contributed by atoms with van der Waals surface area (Å²) in [6.45, 7) is 0.